The molecule has 126 valence electrons. The molecule has 1 fully saturated rings. The number of aliphatic carboxylic acids is 1. The molecule has 0 heterocycles. The molecule has 0 spiro atoms. The van der Waals surface area contributed by atoms with Crippen LogP contribution in [0.4, 0.5) is 0 Å². The number of hydrogen-bond donors (Lipinski definition) is 2. The number of nitrogens with zero attached hydrogens (tertiary/aromatic N) is 1. The van der Waals surface area contributed by atoms with Gasteiger partial charge in [-0.3, -0.25) is 9.59 Å². The summed E-state index contributed by atoms with van der Waals surface area (Å²) in [6.45, 7) is -0.261. The number of sulfonamides is 1. The molecule has 1 aromatic rings. The predicted octanol–water partition coefficient (Wildman–Crippen LogP) is 0.603. The monoisotopic (exact) mass is 340 g/mol. The molecule has 0 radical (unpaired) electrons. The quantitative estimate of drug-likeness (QED) is 0.721. The molecule has 0 unspecified atom stereocenters. The number of benzene rings is 1. The number of nitrogens with one attached hydrogen (secondary N) is 1. The van der Waals surface area contributed by atoms with E-state index in [4.69, 9.17) is 5.11 Å². The van der Waals surface area contributed by atoms with Gasteiger partial charge in [-0.1, -0.05) is 12.1 Å². The highest BCUT2D eigenvalue weighted by atomic mass is 32.2. The Morgan fingerprint density at radius 3 is 2.35 bits per heavy atom. The number of rotatable bonds is 8. The largest absolute Gasteiger partial charge is 0.480 e. The summed E-state index contributed by atoms with van der Waals surface area (Å²) in [7, 11) is -2.12. The van der Waals surface area contributed by atoms with Crippen molar-refractivity contribution >= 4 is 21.9 Å². The highest BCUT2D eigenvalue weighted by Gasteiger charge is 2.33. The van der Waals surface area contributed by atoms with Crippen LogP contribution in [0, 0.1) is 0 Å². The maximum absolute atomic E-state index is 12.2. The van der Waals surface area contributed by atoms with Crippen molar-refractivity contribution in [1.82, 2.24) is 9.62 Å². The number of carboxylic acids is 1. The summed E-state index contributed by atoms with van der Waals surface area (Å²) < 4.78 is 25.5. The van der Waals surface area contributed by atoms with E-state index < -0.39 is 16.0 Å². The van der Waals surface area contributed by atoms with E-state index >= 15 is 0 Å². The predicted molar refractivity (Wildman–Crippen MR) is 83.4 cm³/mol. The third kappa shape index (κ3) is 4.77. The van der Waals surface area contributed by atoms with E-state index in [1.165, 1.54) is 24.1 Å². The molecule has 1 aromatic carbocycles. The molecule has 1 aliphatic rings. The Balaban J connectivity index is 1.94. The molecule has 0 bridgehead atoms. The van der Waals surface area contributed by atoms with E-state index in [9.17, 15) is 18.0 Å². The molecular formula is C15H20N2O5S. The van der Waals surface area contributed by atoms with E-state index in [1.807, 2.05) is 0 Å². The Labute approximate surface area is 135 Å². The minimum Gasteiger partial charge on any atom is -0.480 e. The van der Waals surface area contributed by atoms with Crippen molar-refractivity contribution in [2.75, 3.05) is 13.6 Å². The zero-order valence-corrected chi connectivity index (χ0v) is 13.7. The minimum absolute atomic E-state index is 0.0572. The van der Waals surface area contributed by atoms with Crippen LogP contribution < -0.4 is 4.72 Å². The van der Waals surface area contributed by atoms with Crippen LogP contribution in [-0.4, -0.2) is 49.9 Å². The summed E-state index contributed by atoms with van der Waals surface area (Å²) in [4.78, 5) is 24.6. The van der Waals surface area contributed by atoms with Gasteiger partial charge in [-0.2, -0.15) is 0 Å². The lowest BCUT2D eigenvalue weighted by atomic mass is 10.1. The van der Waals surface area contributed by atoms with Gasteiger partial charge in [-0.25, -0.2) is 13.1 Å². The molecule has 0 aromatic heterocycles. The fraction of sp³-hybridized carbons (Fsp3) is 0.467. The minimum atomic E-state index is -3.47. The van der Waals surface area contributed by atoms with E-state index in [0.717, 1.165) is 18.4 Å². The number of carboxylic acid groups (broad SMARTS) is 1. The number of amides is 1. The van der Waals surface area contributed by atoms with Crippen LogP contribution >= 0.6 is 0 Å². The Hall–Kier alpha value is -1.93. The third-order valence-electron chi connectivity index (χ3n) is 3.74. The Kier molecular flexibility index (Phi) is 5.38. The van der Waals surface area contributed by atoms with Gasteiger partial charge in [0.1, 0.15) is 6.54 Å². The second kappa shape index (κ2) is 7.10. The van der Waals surface area contributed by atoms with Gasteiger partial charge < -0.3 is 10.0 Å². The first kappa shape index (κ1) is 17.4. The second-order valence-electron chi connectivity index (χ2n) is 5.50. The molecule has 2 N–H and O–H groups in total. The molecule has 0 aliphatic heterocycles. The summed E-state index contributed by atoms with van der Waals surface area (Å²) >= 11 is 0. The van der Waals surface area contributed by atoms with Crippen LogP contribution in [-0.2, 0) is 26.0 Å². The summed E-state index contributed by atoms with van der Waals surface area (Å²) in [5, 5.41) is 8.87. The van der Waals surface area contributed by atoms with Crippen molar-refractivity contribution in [1.29, 1.82) is 0 Å². The van der Waals surface area contributed by atoms with Crippen molar-refractivity contribution in [3.8, 4) is 0 Å². The van der Waals surface area contributed by atoms with Gasteiger partial charge in [-0.05, 0) is 44.0 Å². The zero-order valence-electron chi connectivity index (χ0n) is 12.9. The summed E-state index contributed by atoms with van der Waals surface area (Å²) in [6.07, 6.45) is 2.37. The van der Waals surface area contributed by atoms with Crippen LogP contribution in [0.2, 0.25) is 0 Å². The van der Waals surface area contributed by atoms with Gasteiger partial charge >= 0.3 is 5.97 Å². The van der Waals surface area contributed by atoms with Crippen LogP contribution in [0.5, 0.6) is 0 Å². The van der Waals surface area contributed by atoms with Crippen molar-refractivity contribution in [3.63, 3.8) is 0 Å². The highest BCUT2D eigenvalue weighted by Crippen LogP contribution is 2.27. The smallest absolute Gasteiger partial charge is 0.323 e. The topological polar surface area (TPSA) is 104 Å². The molecule has 7 nitrogen and oxygen atoms in total. The molecule has 8 heteroatoms. The van der Waals surface area contributed by atoms with Crippen LogP contribution in [0.15, 0.2) is 29.2 Å². The van der Waals surface area contributed by atoms with Crippen LogP contribution in [0.3, 0.4) is 0 Å². The standard InChI is InChI=1S/C15H20N2O5S/c1-16-23(21,22)13-7-2-11(3-8-13)4-9-14(18)17(10-15(19)20)12-5-6-12/h2-3,7-8,12,16H,4-6,9-10H2,1H3,(H,19,20). The highest BCUT2D eigenvalue weighted by molar-refractivity contribution is 7.89. The molecule has 2 rings (SSSR count). The Bertz CT molecular complexity index is 680. The molecule has 1 saturated carbocycles. The van der Waals surface area contributed by atoms with Gasteiger partial charge in [0, 0.05) is 12.5 Å². The summed E-state index contributed by atoms with van der Waals surface area (Å²) in [5.74, 6) is -1.19. The molecular weight excluding hydrogens is 320 g/mol. The maximum Gasteiger partial charge on any atom is 0.323 e. The average molecular weight is 340 g/mol. The lowest BCUT2D eigenvalue weighted by Gasteiger charge is -2.20. The number of carbonyl (C=O) groups is 2. The van der Waals surface area contributed by atoms with Crippen molar-refractivity contribution in [2.24, 2.45) is 0 Å². The van der Waals surface area contributed by atoms with E-state index in [-0.39, 0.29) is 29.8 Å². The average Bonchev–Trinajstić information content (AvgIpc) is 3.35. The fourth-order valence-corrected chi connectivity index (χ4v) is 3.03. The maximum atomic E-state index is 12.2. The van der Waals surface area contributed by atoms with Gasteiger partial charge in [0.15, 0.2) is 0 Å². The Morgan fingerprint density at radius 2 is 1.87 bits per heavy atom. The van der Waals surface area contributed by atoms with Gasteiger partial charge in [0.25, 0.3) is 0 Å². The first-order valence-corrected chi connectivity index (χ1v) is 8.85. The number of hydrogen-bond acceptors (Lipinski definition) is 4. The van der Waals surface area contributed by atoms with Crippen LogP contribution in [0.25, 0.3) is 0 Å². The van der Waals surface area contributed by atoms with E-state index in [0.29, 0.717) is 6.42 Å². The molecule has 23 heavy (non-hydrogen) atoms. The molecule has 1 aliphatic carbocycles. The first-order valence-electron chi connectivity index (χ1n) is 7.37. The zero-order chi connectivity index (χ0) is 17.0. The fourth-order valence-electron chi connectivity index (χ4n) is 2.30. The van der Waals surface area contributed by atoms with Gasteiger partial charge in [0.2, 0.25) is 15.9 Å². The summed E-state index contributed by atoms with van der Waals surface area (Å²) in [5.41, 5.74) is 0.833. The Morgan fingerprint density at radius 1 is 1.26 bits per heavy atom. The lowest BCUT2D eigenvalue weighted by Crippen LogP contribution is -2.37. The van der Waals surface area contributed by atoms with Crippen molar-refractivity contribution < 1.29 is 23.1 Å². The van der Waals surface area contributed by atoms with Gasteiger partial charge in [0.05, 0.1) is 4.90 Å². The molecule has 0 saturated heterocycles. The summed E-state index contributed by atoms with van der Waals surface area (Å²) in [6, 6.07) is 6.36. The molecule has 1 amide bonds. The third-order valence-corrected chi connectivity index (χ3v) is 5.17. The SMILES string of the molecule is CNS(=O)(=O)c1ccc(CCC(=O)N(CC(=O)O)C2CC2)cc1. The first-order chi connectivity index (χ1) is 10.8. The second-order valence-corrected chi connectivity index (χ2v) is 7.38. The normalized spacial score (nSPS) is 14.5. The van der Waals surface area contributed by atoms with Crippen molar-refractivity contribution in [2.45, 2.75) is 36.6 Å². The molecule has 0 atom stereocenters. The lowest BCUT2D eigenvalue weighted by molar-refractivity contribution is -0.144. The van der Waals surface area contributed by atoms with Crippen molar-refractivity contribution in [3.05, 3.63) is 29.8 Å². The van der Waals surface area contributed by atoms with Crippen LogP contribution in [0.1, 0.15) is 24.8 Å². The number of carbonyl (C=O) groups excluding carboxylic acids is 1. The number of aryl methyl sites for hydroxylation is 1. The van der Waals surface area contributed by atoms with E-state index in [2.05, 4.69) is 4.72 Å². The van der Waals surface area contributed by atoms with E-state index in [1.54, 1.807) is 12.1 Å². The van der Waals surface area contributed by atoms with Gasteiger partial charge in [-0.15, -0.1) is 0 Å².